The van der Waals surface area contributed by atoms with Crippen LogP contribution >= 0.6 is 0 Å². The van der Waals surface area contributed by atoms with Gasteiger partial charge in [-0.3, -0.25) is 4.79 Å². The van der Waals surface area contributed by atoms with Crippen LogP contribution in [0.25, 0.3) is 0 Å². The maximum atomic E-state index is 13.1. The topological polar surface area (TPSA) is 149 Å². The minimum absolute atomic E-state index is 0.131. The van der Waals surface area contributed by atoms with Crippen molar-refractivity contribution < 1.29 is 39.8 Å². The van der Waals surface area contributed by atoms with E-state index in [-0.39, 0.29) is 12.5 Å². The first-order valence-electron chi connectivity index (χ1n) is 30.2. The molecule has 0 aromatic carbocycles. The van der Waals surface area contributed by atoms with Crippen LogP contribution in [0.5, 0.6) is 0 Å². The summed E-state index contributed by atoms with van der Waals surface area (Å²) in [5, 5.41) is 54.7. The molecule has 7 atom stereocenters. The molecule has 0 aromatic rings. The second-order valence-electron chi connectivity index (χ2n) is 21.5. The van der Waals surface area contributed by atoms with Crippen LogP contribution in [0.4, 0.5) is 0 Å². The second kappa shape index (κ2) is 49.8. The SMILES string of the molecule is CCCCCCCCCCCCCCCCCCCCCCCCCCCCCC(=O)NC(COC1OC(CO)C(O)C(O)C1O)C(O)CCCCCCCCCCCCCCCCCCCC. The van der Waals surface area contributed by atoms with E-state index in [9.17, 15) is 30.3 Å². The van der Waals surface area contributed by atoms with Crippen LogP contribution in [0.1, 0.15) is 316 Å². The Labute approximate surface area is 421 Å². The van der Waals surface area contributed by atoms with Crippen LogP contribution in [0.3, 0.4) is 0 Å². The highest BCUT2D eigenvalue weighted by atomic mass is 16.7. The number of nitrogens with one attached hydrogen (secondary N) is 1. The van der Waals surface area contributed by atoms with Gasteiger partial charge < -0.3 is 40.3 Å². The molecule has 6 N–H and O–H groups in total. The quantitative estimate of drug-likeness (QED) is 0.0330. The first-order chi connectivity index (χ1) is 33.3. The molecule has 406 valence electrons. The van der Waals surface area contributed by atoms with Gasteiger partial charge in [-0.25, -0.2) is 0 Å². The number of aliphatic hydroxyl groups excluding tert-OH is 5. The predicted octanol–water partition coefficient (Wildman–Crippen LogP) is 15.0. The highest BCUT2D eigenvalue weighted by Gasteiger charge is 2.44. The molecule has 1 amide bonds. The van der Waals surface area contributed by atoms with Crippen LogP contribution in [0.15, 0.2) is 0 Å². The van der Waals surface area contributed by atoms with Gasteiger partial charge in [0.15, 0.2) is 6.29 Å². The van der Waals surface area contributed by atoms with Crippen molar-refractivity contribution in [3.63, 3.8) is 0 Å². The molecule has 68 heavy (non-hydrogen) atoms. The molecule has 0 saturated carbocycles. The maximum Gasteiger partial charge on any atom is 0.220 e. The Morgan fingerprint density at radius 2 is 0.735 bits per heavy atom. The van der Waals surface area contributed by atoms with Crippen LogP contribution in [0.2, 0.25) is 0 Å². The lowest BCUT2D eigenvalue weighted by Crippen LogP contribution is -2.60. The van der Waals surface area contributed by atoms with Crippen molar-refractivity contribution in [2.24, 2.45) is 0 Å². The predicted molar refractivity (Wildman–Crippen MR) is 286 cm³/mol. The van der Waals surface area contributed by atoms with Crippen molar-refractivity contribution in [3.05, 3.63) is 0 Å². The van der Waals surface area contributed by atoms with Crippen molar-refractivity contribution in [2.45, 2.75) is 358 Å². The van der Waals surface area contributed by atoms with E-state index in [4.69, 9.17) is 9.47 Å². The summed E-state index contributed by atoms with van der Waals surface area (Å²) in [4.78, 5) is 13.1. The number of rotatable bonds is 53. The Balaban J connectivity index is 2.14. The van der Waals surface area contributed by atoms with E-state index in [1.54, 1.807) is 0 Å². The third kappa shape index (κ3) is 38.8. The summed E-state index contributed by atoms with van der Waals surface area (Å²) in [5.41, 5.74) is 0. The number of unbranched alkanes of at least 4 members (excludes halogenated alkanes) is 43. The van der Waals surface area contributed by atoms with E-state index in [0.717, 1.165) is 38.5 Å². The molecule has 0 radical (unpaired) electrons. The first-order valence-corrected chi connectivity index (χ1v) is 30.2. The molecular weight excluding hydrogens is 851 g/mol. The number of aliphatic hydroxyl groups is 5. The molecule has 0 aliphatic carbocycles. The lowest BCUT2D eigenvalue weighted by atomic mass is 9.99. The molecule has 1 aliphatic heterocycles. The van der Waals surface area contributed by atoms with Crippen LogP contribution in [0, 0.1) is 0 Å². The van der Waals surface area contributed by atoms with E-state index in [2.05, 4.69) is 19.2 Å². The van der Waals surface area contributed by atoms with Gasteiger partial charge in [0.25, 0.3) is 0 Å². The van der Waals surface area contributed by atoms with Gasteiger partial charge in [-0.05, 0) is 12.8 Å². The van der Waals surface area contributed by atoms with Gasteiger partial charge in [0.05, 0.1) is 25.4 Å². The first kappa shape index (κ1) is 65.2. The standard InChI is InChI=1S/C59H117NO8/c1-3-5-7-9-11-13-15-17-19-21-23-24-25-26-27-28-29-30-31-33-35-37-39-41-43-45-47-49-55(63)60-52(51-67-59-58(66)57(65)56(64)54(50-61)68-59)53(62)48-46-44-42-40-38-36-34-32-22-20-18-16-14-12-10-8-6-4-2/h52-54,56-59,61-62,64-66H,3-51H2,1-2H3,(H,60,63). The molecule has 1 rings (SSSR count). The Kier molecular flexibility index (Phi) is 47.7. The van der Waals surface area contributed by atoms with E-state index in [1.807, 2.05) is 0 Å². The lowest BCUT2D eigenvalue weighted by molar-refractivity contribution is -0.302. The molecular formula is C59H117NO8. The van der Waals surface area contributed by atoms with Gasteiger partial charge in [0.2, 0.25) is 5.91 Å². The summed E-state index contributed by atoms with van der Waals surface area (Å²) in [6, 6.07) is -0.713. The molecule has 9 heteroatoms. The Morgan fingerprint density at radius 1 is 0.441 bits per heavy atom. The fraction of sp³-hybridized carbons (Fsp3) is 0.983. The Hall–Kier alpha value is -0.810. The van der Waals surface area contributed by atoms with Gasteiger partial charge in [-0.1, -0.05) is 296 Å². The average Bonchev–Trinajstić information content (AvgIpc) is 3.34. The zero-order valence-electron chi connectivity index (χ0n) is 45.2. The normalized spacial score (nSPS) is 19.4. The Morgan fingerprint density at radius 3 is 1.04 bits per heavy atom. The zero-order chi connectivity index (χ0) is 49.4. The van der Waals surface area contributed by atoms with Crippen LogP contribution in [-0.2, 0) is 14.3 Å². The fourth-order valence-electron chi connectivity index (χ4n) is 10.2. The molecule has 9 nitrogen and oxygen atoms in total. The highest BCUT2D eigenvalue weighted by Crippen LogP contribution is 2.24. The van der Waals surface area contributed by atoms with Crippen molar-refractivity contribution in [2.75, 3.05) is 13.2 Å². The van der Waals surface area contributed by atoms with E-state index >= 15 is 0 Å². The zero-order valence-corrected chi connectivity index (χ0v) is 45.2. The summed E-state index contributed by atoms with van der Waals surface area (Å²) in [5.74, 6) is -0.135. The summed E-state index contributed by atoms with van der Waals surface area (Å²) < 4.78 is 11.3. The van der Waals surface area contributed by atoms with E-state index in [0.29, 0.717) is 12.8 Å². The van der Waals surface area contributed by atoms with E-state index in [1.165, 1.54) is 250 Å². The third-order valence-corrected chi connectivity index (χ3v) is 15.0. The Bertz CT molecular complexity index is 1030. The largest absolute Gasteiger partial charge is 0.394 e. The minimum Gasteiger partial charge on any atom is -0.394 e. The van der Waals surface area contributed by atoms with Gasteiger partial charge in [-0.2, -0.15) is 0 Å². The van der Waals surface area contributed by atoms with E-state index < -0.39 is 49.5 Å². The lowest BCUT2D eigenvalue weighted by Gasteiger charge is -2.40. The van der Waals surface area contributed by atoms with Crippen molar-refractivity contribution in [1.82, 2.24) is 5.32 Å². The number of hydrogen-bond donors (Lipinski definition) is 6. The summed E-state index contributed by atoms with van der Waals surface area (Å²) in [6.45, 7) is 3.89. The number of ether oxygens (including phenoxy) is 2. The third-order valence-electron chi connectivity index (χ3n) is 15.0. The van der Waals surface area contributed by atoms with Crippen molar-refractivity contribution in [3.8, 4) is 0 Å². The van der Waals surface area contributed by atoms with Crippen LogP contribution in [-0.4, -0.2) is 87.5 Å². The maximum absolute atomic E-state index is 13.1. The summed E-state index contributed by atoms with van der Waals surface area (Å²) in [6.07, 6.45) is 52.8. The average molecular weight is 969 g/mol. The molecule has 1 saturated heterocycles. The molecule has 1 heterocycles. The van der Waals surface area contributed by atoms with Gasteiger partial charge in [0, 0.05) is 6.42 Å². The van der Waals surface area contributed by atoms with Gasteiger partial charge >= 0.3 is 0 Å². The number of carbonyl (C=O) groups is 1. The summed E-state index contributed by atoms with van der Waals surface area (Å²) in [7, 11) is 0. The highest BCUT2D eigenvalue weighted by molar-refractivity contribution is 5.76. The molecule has 7 unspecified atom stereocenters. The number of carbonyl (C=O) groups excluding carboxylic acids is 1. The van der Waals surface area contributed by atoms with Crippen molar-refractivity contribution >= 4 is 5.91 Å². The molecule has 1 aliphatic rings. The smallest absolute Gasteiger partial charge is 0.220 e. The summed E-state index contributed by atoms with van der Waals surface area (Å²) >= 11 is 0. The van der Waals surface area contributed by atoms with Gasteiger partial charge in [-0.15, -0.1) is 0 Å². The van der Waals surface area contributed by atoms with Crippen LogP contribution < -0.4 is 5.32 Å². The monoisotopic (exact) mass is 968 g/mol. The molecule has 0 spiro atoms. The molecule has 0 aromatic heterocycles. The molecule has 1 fully saturated rings. The number of hydrogen-bond acceptors (Lipinski definition) is 8. The molecule has 0 bridgehead atoms. The van der Waals surface area contributed by atoms with Gasteiger partial charge in [0.1, 0.15) is 24.4 Å². The fourth-order valence-corrected chi connectivity index (χ4v) is 10.2. The second-order valence-corrected chi connectivity index (χ2v) is 21.5. The number of amides is 1. The van der Waals surface area contributed by atoms with Crippen molar-refractivity contribution in [1.29, 1.82) is 0 Å². The minimum atomic E-state index is -1.55.